The van der Waals surface area contributed by atoms with Gasteiger partial charge in [-0.05, 0) is 24.8 Å². The van der Waals surface area contributed by atoms with E-state index >= 15 is 0 Å². The van der Waals surface area contributed by atoms with Gasteiger partial charge in [-0.25, -0.2) is 4.98 Å². The number of likely N-dealkylation sites (tertiary alicyclic amines) is 1. The molecule has 3 rings (SSSR count). The Morgan fingerprint density at radius 3 is 3.09 bits per heavy atom. The monoisotopic (exact) mass is 307 g/mol. The molecule has 7 heteroatoms. The lowest BCUT2D eigenvalue weighted by molar-refractivity contribution is -0.126. The second-order valence-corrected chi connectivity index (χ2v) is 5.69. The summed E-state index contributed by atoms with van der Waals surface area (Å²) >= 11 is 0. The fraction of sp³-hybridized carbons (Fsp3) is 0.533. The summed E-state index contributed by atoms with van der Waals surface area (Å²) in [4.78, 5) is 30.1. The number of nitrogens with one attached hydrogen (secondary N) is 1. The van der Waals surface area contributed by atoms with E-state index in [1.165, 1.54) is 12.3 Å². The highest BCUT2D eigenvalue weighted by Gasteiger charge is 2.68. The molecule has 2 fully saturated rings. The lowest BCUT2D eigenvalue weighted by atomic mass is 10.1. The Balaban J connectivity index is 1.76. The summed E-state index contributed by atoms with van der Waals surface area (Å²) in [5.74, 6) is -0.959. The zero-order valence-electron chi connectivity index (χ0n) is 12.3. The summed E-state index contributed by atoms with van der Waals surface area (Å²) in [6.07, 6.45) is 2.73. The number of pyridine rings is 1. The Bertz CT molecular complexity index is 609. The normalized spacial score (nSPS) is 25.7. The number of halogens is 1. The second kappa shape index (κ2) is 5.64. The van der Waals surface area contributed by atoms with E-state index < -0.39 is 11.5 Å². The lowest BCUT2D eigenvalue weighted by Gasteiger charge is -2.27. The fourth-order valence-electron chi connectivity index (χ4n) is 3.27. The first kappa shape index (κ1) is 14.9. The number of methoxy groups -OCH3 is 1. The third-order valence-electron chi connectivity index (χ3n) is 4.46. The quantitative estimate of drug-likeness (QED) is 0.638. The van der Waals surface area contributed by atoms with Crippen LogP contribution >= 0.6 is 0 Å². The first-order chi connectivity index (χ1) is 10.6. The maximum atomic E-state index is 13.2. The van der Waals surface area contributed by atoms with Crippen molar-refractivity contribution < 1.29 is 18.7 Å². The highest BCUT2D eigenvalue weighted by atomic mass is 19.1. The molecule has 6 nitrogen and oxygen atoms in total. The first-order valence-corrected chi connectivity index (χ1v) is 7.30. The Hall–Kier alpha value is -2.02. The zero-order chi connectivity index (χ0) is 15.7. The predicted octanol–water partition coefficient (Wildman–Crippen LogP) is 0.588. The minimum Gasteiger partial charge on any atom is -0.383 e. The van der Waals surface area contributed by atoms with Gasteiger partial charge >= 0.3 is 0 Å². The molecule has 0 bridgehead atoms. The van der Waals surface area contributed by atoms with E-state index in [9.17, 15) is 14.0 Å². The molecule has 2 atom stereocenters. The van der Waals surface area contributed by atoms with Crippen molar-refractivity contribution in [2.45, 2.75) is 18.4 Å². The van der Waals surface area contributed by atoms with Crippen LogP contribution in [-0.4, -0.2) is 54.0 Å². The lowest BCUT2D eigenvalue weighted by Crippen LogP contribution is -2.51. The van der Waals surface area contributed by atoms with Crippen LogP contribution in [0.25, 0.3) is 0 Å². The molecule has 1 saturated carbocycles. The number of piperidine rings is 1. The average Bonchev–Trinajstić information content (AvgIpc) is 3.13. The average molecular weight is 307 g/mol. The molecule has 0 aromatic carbocycles. The van der Waals surface area contributed by atoms with E-state index in [1.54, 1.807) is 12.0 Å². The third kappa shape index (κ3) is 2.35. The van der Waals surface area contributed by atoms with Crippen LogP contribution < -0.4 is 5.32 Å². The van der Waals surface area contributed by atoms with Crippen molar-refractivity contribution in [3.63, 3.8) is 0 Å². The van der Waals surface area contributed by atoms with Gasteiger partial charge in [-0.2, -0.15) is 4.39 Å². The fourth-order valence-corrected chi connectivity index (χ4v) is 3.27. The molecule has 2 unspecified atom stereocenters. The number of aromatic nitrogens is 1. The van der Waals surface area contributed by atoms with Crippen molar-refractivity contribution in [2.75, 3.05) is 26.8 Å². The molecule has 1 N–H and O–H groups in total. The maximum absolute atomic E-state index is 13.2. The summed E-state index contributed by atoms with van der Waals surface area (Å²) in [6, 6.07) is 2.58. The van der Waals surface area contributed by atoms with Gasteiger partial charge in [0.1, 0.15) is 5.54 Å². The topological polar surface area (TPSA) is 71.5 Å². The van der Waals surface area contributed by atoms with Gasteiger partial charge in [0.25, 0.3) is 5.91 Å². The van der Waals surface area contributed by atoms with Crippen molar-refractivity contribution >= 4 is 11.8 Å². The summed E-state index contributed by atoms with van der Waals surface area (Å²) in [5, 5.41) is 2.81. The largest absolute Gasteiger partial charge is 0.383 e. The van der Waals surface area contributed by atoms with Crippen LogP contribution in [0.4, 0.5) is 4.39 Å². The molecule has 1 aliphatic heterocycles. The standard InChI is InChI=1S/C15H18FN3O3/c1-22-7-5-18-14(21)15-9-11(15)3-6-19(15)13(20)10-2-4-17-12(16)8-10/h2,4,8,11H,3,5-7,9H2,1H3,(H,18,21). The van der Waals surface area contributed by atoms with Gasteiger partial charge in [-0.3, -0.25) is 9.59 Å². The van der Waals surface area contributed by atoms with E-state index in [-0.39, 0.29) is 23.3 Å². The highest BCUT2D eigenvalue weighted by Crippen LogP contribution is 2.56. The molecule has 2 heterocycles. The number of amides is 2. The van der Waals surface area contributed by atoms with Crippen LogP contribution in [0.1, 0.15) is 23.2 Å². The zero-order valence-corrected chi connectivity index (χ0v) is 12.3. The van der Waals surface area contributed by atoms with Gasteiger partial charge in [-0.1, -0.05) is 0 Å². The third-order valence-corrected chi connectivity index (χ3v) is 4.46. The smallest absolute Gasteiger partial charge is 0.254 e. The molecule has 22 heavy (non-hydrogen) atoms. The minimum atomic E-state index is -0.759. The van der Waals surface area contributed by atoms with Gasteiger partial charge in [0, 0.05) is 38.0 Å². The summed E-state index contributed by atoms with van der Waals surface area (Å²) in [7, 11) is 1.56. The van der Waals surface area contributed by atoms with Gasteiger partial charge in [0.2, 0.25) is 11.9 Å². The van der Waals surface area contributed by atoms with Gasteiger partial charge in [0.05, 0.1) is 6.61 Å². The molecular weight excluding hydrogens is 289 g/mol. The number of nitrogens with zero attached hydrogens (tertiary/aromatic N) is 2. The van der Waals surface area contributed by atoms with E-state index in [0.717, 1.165) is 12.5 Å². The first-order valence-electron chi connectivity index (χ1n) is 7.30. The molecule has 2 amide bonds. The number of fused-ring (bicyclic) bond motifs is 1. The van der Waals surface area contributed by atoms with E-state index in [4.69, 9.17) is 4.74 Å². The maximum Gasteiger partial charge on any atom is 0.254 e. The molecule has 1 aromatic heterocycles. The molecule has 0 radical (unpaired) electrons. The van der Waals surface area contributed by atoms with Crippen molar-refractivity contribution in [1.82, 2.24) is 15.2 Å². The number of hydrogen-bond acceptors (Lipinski definition) is 4. The number of rotatable bonds is 5. The van der Waals surface area contributed by atoms with Gasteiger partial charge in [-0.15, -0.1) is 0 Å². The van der Waals surface area contributed by atoms with E-state index in [0.29, 0.717) is 26.1 Å². The van der Waals surface area contributed by atoms with Crippen LogP contribution in [-0.2, 0) is 9.53 Å². The molecule has 1 aliphatic carbocycles. The Labute approximate surface area is 127 Å². The van der Waals surface area contributed by atoms with Crippen LogP contribution in [0.3, 0.4) is 0 Å². The van der Waals surface area contributed by atoms with Crippen LogP contribution in [0.5, 0.6) is 0 Å². The molecular formula is C15H18FN3O3. The number of carbonyl (C=O) groups is 2. The van der Waals surface area contributed by atoms with E-state index in [1.807, 2.05) is 0 Å². The van der Waals surface area contributed by atoms with Gasteiger partial charge < -0.3 is 15.0 Å². The number of carbonyl (C=O) groups excluding carboxylic acids is 2. The molecule has 1 aromatic rings. The van der Waals surface area contributed by atoms with Crippen LogP contribution in [0.2, 0.25) is 0 Å². The summed E-state index contributed by atoms with van der Waals surface area (Å²) in [5.41, 5.74) is -0.533. The molecule has 0 spiro atoms. The van der Waals surface area contributed by atoms with Gasteiger partial charge in [0.15, 0.2) is 0 Å². The van der Waals surface area contributed by atoms with Crippen molar-refractivity contribution in [3.8, 4) is 0 Å². The highest BCUT2D eigenvalue weighted by molar-refractivity contribution is 6.01. The van der Waals surface area contributed by atoms with Crippen molar-refractivity contribution in [3.05, 3.63) is 29.8 Å². The number of ether oxygens (including phenoxy) is 1. The molecule has 1 saturated heterocycles. The van der Waals surface area contributed by atoms with Crippen molar-refractivity contribution in [1.29, 1.82) is 0 Å². The molecule has 2 aliphatic rings. The minimum absolute atomic E-state index is 0.144. The Morgan fingerprint density at radius 2 is 2.41 bits per heavy atom. The predicted molar refractivity (Wildman–Crippen MR) is 75.6 cm³/mol. The Morgan fingerprint density at radius 1 is 1.59 bits per heavy atom. The molecule has 118 valence electrons. The summed E-state index contributed by atoms with van der Waals surface area (Å²) in [6.45, 7) is 1.36. The SMILES string of the molecule is COCCNC(=O)C12CC1CCN2C(=O)c1ccnc(F)c1. The van der Waals surface area contributed by atoms with Crippen LogP contribution in [0, 0.1) is 11.9 Å². The van der Waals surface area contributed by atoms with Crippen LogP contribution in [0.15, 0.2) is 18.3 Å². The van der Waals surface area contributed by atoms with Crippen molar-refractivity contribution in [2.24, 2.45) is 5.92 Å². The Kier molecular flexibility index (Phi) is 3.82. The summed E-state index contributed by atoms with van der Waals surface area (Å²) < 4.78 is 18.1. The number of hydrogen-bond donors (Lipinski definition) is 1. The van der Waals surface area contributed by atoms with E-state index in [2.05, 4.69) is 10.3 Å². The second-order valence-electron chi connectivity index (χ2n) is 5.69.